The fourth-order valence-electron chi connectivity index (χ4n) is 3.64. The van der Waals surface area contributed by atoms with Gasteiger partial charge in [-0.05, 0) is 57.5 Å². The van der Waals surface area contributed by atoms with Gasteiger partial charge in [-0.2, -0.15) is 15.5 Å². The number of rotatable bonds is 4. The first kappa shape index (κ1) is 23.0. The molecule has 8 nitrogen and oxygen atoms in total. The van der Waals surface area contributed by atoms with Crippen molar-refractivity contribution in [3.05, 3.63) is 54.0 Å². The predicted molar refractivity (Wildman–Crippen MR) is 125 cm³/mol. The molecule has 0 bridgehead atoms. The van der Waals surface area contributed by atoms with E-state index in [0.29, 0.717) is 22.4 Å². The molecule has 2 aromatic heterocycles. The van der Waals surface area contributed by atoms with Crippen LogP contribution in [-0.2, 0) is 11.8 Å². The van der Waals surface area contributed by atoms with Crippen LogP contribution in [0.25, 0.3) is 33.3 Å². The largest absolute Gasteiger partial charge is 0.477 e. The van der Waals surface area contributed by atoms with E-state index in [2.05, 4.69) is 10.2 Å². The van der Waals surface area contributed by atoms with Crippen LogP contribution in [0.2, 0.25) is 0 Å². The van der Waals surface area contributed by atoms with Gasteiger partial charge in [-0.3, -0.25) is 4.68 Å². The monoisotopic (exact) mass is 461 g/mol. The van der Waals surface area contributed by atoms with Crippen LogP contribution in [0.5, 0.6) is 5.88 Å². The Bertz CT molecular complexity index is 1440. The maximum atomic E-state index is 14.5. The summed E-state index contributed by atoms with van der Waals surface area (Å²) < 4.78 is 28.8. The van der Waals surface area contributed by atoms with Crippen molar-refractivity contribution in [3.63, 3.8) is 0 Å². The van der Waals surface area contributed by atoms with Crippen LogP contribution in [0, 0.1) is 17.1 Å². The number of fused-ring (bicyclic) bond motifs is 1. The molecule has 0 unspecified atom stereocenters. The summed E-state index contributed by atoms with van der Waals surface area (Å²) in [5.74, 6) is -0.502. The first-order valence-corrected chi connectivity index (χ1v) is 10.7. The lowest BCUT2D eigenvalue weighted by molar-refractivity contribution is 0.0497. The van der Waals surface area contributed by atoms with Gasteiger partial charge in [-0.1, -0.05) is 12.1 Å². The lowest BCUT2D eigenvalue weighted by atomic mass is 9.99. The van der Waals surface area contributed by atoms with E-state index in [-0.39, 0.29) is 18.1 Å². The lowest BCUT2D eigenvalue weighted by Crippen LogP contribution is -2.28. The number of benzene rings is 2. The van der Waals surface area contributed by atoms with Gasteiger partial charge in [0, 0.05) is 18.0 Å². The minimum absolute atomic E-state index is 0.0845. The number of halogens is 1. The van der Waals surface area contributed by atoms with E-state index in [9.17, 15) is 9.18 Å². The average Bonchev–Trinajstić information content (AvgIpc) is 3.33. The molecule has 2 heterocycles. The second-order valence-corrected chi connectivity index (χ2v) is 8.70. The van der Waals surface area contributed by atoms with Gasteiger partial charge in [0.25, 0.3) is 0 Å². The van der Waals surface area contributed by atoms with E-state index in [1.165, 1.54) is 12.1 Å². The second-order valence-electron chi connectivity index (χ2n) is 8.70. The first-order valence-electron chi connectivity index (χ1n) is 10.7. The molecular weight excluding hydrogens is 437 g/mol. The van der Waals surface area contributed by atoms with Crippen molar-refractivity contribution in [2.24, 2.45) is 7.05 Å². The smallest absolute Gasteiger partial charge is 0.438 e. The van der Waals surface area contributed by atoms with Crippen LogP contribution >= 0.6 is 0 Å². The average molecular weight is 461 g/mol. The molecule has 0 atom stereocenters. The van der Waals surface area contributed by atoms with Crippen LogP contribution < -0.4 is 4.74 Å². The Morgan fingerprint density at radius 2 is 1.91 bits per heavy atom. The molecule has 4 aromatic rings. The molecule has 4 rings (SSSR count). The zero-order valence-corrected chi connectivity index (χ0v) is 19.6. The maximum Gasteiger partial charge on any atom is 0.438 e. The fraction of sp³-hybridized carbons (Fsp3) is 0.280. The molecule has 0 aliphatic carbocycles. The lowest BCUT2D eigenvalue weighted by Gasteiger charge is -2.19. The number of nitriles is 1. The zero-order chi connectivity index (χ0) is 24.6. The van der Waals surface area contributed by atoms with E-state index < -0.39 is 17.5 Å². The van der Waals surface area contributed by atoms with E-state index >= 15 is 0 Å². The number of hydrogen-bond donors (Lipinski definition) is 0. The van der Waals surface area contributed by atoms with Crippen LogP contribution in [-0.4, -0.2) is 37.9 Å². The quantitative estimate of drug-likeness (QED) is 0.409. The van der Waals surface area contributed by atoms with Crippen molar-refractivity contribution in [3.8, 4) is 34.3 Å². The van der Waals surface area contributed by atoms with Gasteiger partial charge in [0.05, 0.1) is 29.4 Å². The highest BCUT2D eigenvalue weighted by Gasteiger charge is 2.29. The molecule has 9 heteroatoms. The molecule has 0 saturated heterocycles. The Labute approximate surface area is 196 Å². The van der Waals surface area contributed by atoms with Gasteiger partial charge in [0.1, 0.15) is 23.2 Å². The van der Waals surface area contributed by atoms with Gasteiger partial charge < -0.3 is 9.47 Å². The molecule has 0 fully saturated rings. The summed E-state index contributed by atoms with van der Waals surface area (Å²) in [6.07, 6.45) is 1.01. The minimum Gasteiger partial charge on any atom is -0.477 e. The fourth-order valence-corrected chi connectivity index (χ4v) is 3.64. The maximum absolute atomic E-state index is 14.5. The van der Waals surface area contributed by atoms with Crippen molar-refractivity contribution < 1.29 is 18.7 Å². The third-order valence-electron chi connectivity index (χ3n) is 5.09. The van der Waals surface area contributed by atoms with Gasteiger partial charge in [0.15, 0.2) is 0 Å². The Kier molecular flexibility index (Phi) is 5.83. The summed E-state index contributed by atoms with van der Waals surface area (Å²) >= 11 is 0. The van der Waals surface area contributed by atoms with E-state index in [0.717, 1.165) is 15.6 Å². The number of hydrogen-bond acceptors (Lipinski definition) is 6. The SMILES string of the molecule is CCOc1c(-c2ccc3c(cnn3C)c2)c(-c2ccc(C#N)c(F)c2)nn1C(=O)OC(C)(C)C. The minimum atomic E-state index is -0.762. The third-order valence-corrected chi connectivity index (χ3v) is 5.09. The molecule has 0 radical (unpaired) electrons. The van der Waals surface area contributed by atoms with Crippen LogP contribution in [0.3, 0.4) is 0 Å². The van der Waals surface area contributed by atoms with Crippen molar-refractivity contribution in [2.75, 3.05) is 6.61 Å². The Morgan fingerprint density at radius 3 is 2.56 bits per heavy atom. The first-order chi connectivity index (χ1) is 16.1. The summed E-state index contributed by atoms with van der Waals surface area (Å²) in [5.41, 5.74) is 2.00. The Morgan fingerprint density at radius 1 is 1.18 bits per heavy atom. The zero-order valence-electron chi connectivity index (χ0n) is 19.6. The van der Waals surface area contributed by atoms with Gasteiger partial charge in [0.2, 0.25) is 5.88 Å². The molecule has 2 aromatic carbocycles. The van der Waals surface area contributed by atoms with Crippen LogP contribution in [0.15, 0.2) is 42.6 Å². The Balaban J connectivity index is 2.00. The molecular formula is C25H24FN5O3. The molecule has 0 N–H and O–H groups in total. The van der Waals surface area contributed by atoms with Crippen LogP contribution in [0.4, 0.5) is 9.18 Å². The summed E-state index contributed by atoms with van der Waals surface area (Å²) in [5, 5.41) is 18.8. The van der Waals surface area contributed by atoms with Gasteiger partial charge in [-0.25, -0.2) is 9.18 Å². The predicted octanol–water partition coefficient (Wildman–Crippen LogP) is 5.30. The highest BCUT2D eigenvalue weighted by molar-refractivity contribution is 5.92. The normalized spacial score (nSPS) is 11.4. The molecule has 0 amide bonds. The topological polar surface area (TPSA) is 95.0 Å². The molecule has 0 spiro atoms. The number of nitrogens with zero attached hydrogens (tertiary/aromatic N) is 5. The second kappa shape index (κ2) is 8.63. The number of carbonyl (C=O) groups is 1. The molecule has 174 valence electrons. The molecule has 0 saturated carbocycles. The number of aryl methyl sites for hydroxylation is 1. The van der Waals surface area contributed by atoms with Gasteiger partial charge in [-0.15, -0.1) is 4.68 Å². The summed E-state index contributed by atoms with van der Waals surface area (Å²) in [6, 6.07) is 11.7. The van der Waals surface area contributed by atoms with Crippen LogP contribution in [0.1, 0.15) is 33.3 Å². The number of ether oxygens (including phenoxy) is 2. The van der Waals surface area contributed by atoms with Crippen molar-refractivity contribution >= 4 is 17.0 Å². The summed E-state index contributed by atoms with van der Waals surface area (Å²) in [4.78, 5) is 13.0. The highest BCUT2D eigenvalue weighted by Crippen LogP contribution is 2.41. The Hall–Kier alpha value is -4.19. The van der Waals surface area contributed by atoms with Gasteiger partial charge >= 0.3 is 6.09 Å². The molecule has 0 aliphatic heterocycles. The molecule has 34 heavy (non-hydrogen) atoms. The summed E-state index contributed by atoms with van der Waals surface area (Å²) in [7, 11) is 1.85. The van der Waals surface area contributed by atoms with E-state index in [1.807, 2.05) is 31.3 Å². The standard InChI is InChI=1S/C25H24FN5O3/c1-6-33-23-21(15-9-10-20-18(11-15)14-28-30(20)5)22(16-7-8-17(13-27)19(26)12-16)29-31(23)24(32)34-25(2,3)4/h7-12,14H,6H2,1-5H3. The van der Waals surface area contributed by atoms with Crippen molar-refractivity contribution in [1.29, 1.82) is 5.26 Å². The number of aromatic nitrogens is 4. The van der Waals surface area contributed by atoms with E-state index in [1.54, 1.807) is 44.6 Å². The van der Waals surface area contributed by atoms with Crippen molar-refractivity contribution in [1.82, 2.24) is 19.6 Å². The molecule has 0 aliphatic rings. The summed E-state index contributed by atoms with van der Waals surface area (Å²) in [6.45, 7) is 7.31. The number of carbonyl (C=O) groups excluding carboxylic acids is 1. The third kappa shape index (κ3) is 4.22. The van der Waals surface area contributed by atoms with E-state index in [4.69, 9.17) is 14.7 Å². The van der Waals surface area contributed by atoms with Crippen molar-refractivity contribution in [2.45, 2.75) is 33.3 Å². The highest BCUT2D eigenvalue weighted by atomic mass is 19.1.